The highest BCUT2D eigenvalue weighted by molar-refractivity contribution is 7.92. The molecule has 0 fully saturated rings. The molecule has 0 atom stereocenters. The molecule has 0 aliphatic heterocycles. The van der Waals surface area contributed by atoms with E-state index >= 15 is 0 Å². The summed E-state index contributed by atoms with van der Waals surface area (Å²) in [6.07, 6.45) is 10.9. The molecular formula is C30H36N2O3S. The second-order valence-corrected chi connectivity index (χ2v) is 11.1. The molecule has 4 aromatic rings. The first-order valence-corrected chi connectivity index (χ1v) is 14.5. The van der Waals surface area contributed by atoms with E-state index in [1.807, 2.05) is 55.5 Å². The van der Waals surface area contributed by atoms with Gasteiger partial charge in [0, 0.05) is 0 Å². The number of benzene rings is 3. The van der Waals surface area contributed by atoms with Gasteiger partial charge >= 0.3 is 0 Å². The number of nitrogens with one attached hydrogen (secondary N) is 1. The van der Waals surface area contributed by atoms with E-state index in [0.29, 0.717) is 27.6 Å². The van der Waals surface area contributed by atoms with Crippen LogP contribution < -0.4 is 4.72 Å². The number of para-hydroxylation sites is 3. The number of aromatic nitrogens is 1. The fourth-order valence-corrected chi connectivity index (χ4v) is 5.99. The van der Waals surface area contributed by atoms with Crippen molar-refractivity contribution in [3.8, 4) is 11.5 Å². The van der Waals surface area contributed by atoms with Gasteiger partial charge in [0.05, 0.1) is 16.1 Å². The highest BCUT2D eigenvalue weighted by Gasteiger charge is 2.21. The third-order valence-electron chi connectivity index (χ3n) is 6.68. The van der Waals surface area contributed by atoms with Crippen LogP contribution in [0.1, 0.15) is 69.4 Å². The first kappa shape index (κ1) is 26.0. The summed E-state index contributed by atoms with van der Waals surface area (Å²) in [6.45, 7) is 4.14. The summed E-state index contributed by atoms with van der Waals surface area (Å²) in [5.41, 5.74) is 4.34. The van der Waals surface area contributed by atoms with Crippen molar-refractivity contribution in [1.82, 2.24) is 4.98 Å². The van der Waals surface area contributed by atoms with E-state index in [0.717, 1.165) is 29.5 Å². The molecule has 0 amide bonds. The molecule has 4 rings (SSSR count). The van der Waals surface area contributed by atoms with Crippen molar-refractivity contribution in [2.45, 2.75) is 76.5 Å². The van der Waals surface area contributed by atoms with Crippen LogP contribution in [0.2, 0.25) is 0 Å². The summed E-state index contributed by atoms with van der Waals surface area (Å²) in [5, 5.41) is 0. The molecule has 0 radical (unpaired) electrons. The number of rotatable bonds is 13. The Morgan fingerprint density at radius 3 is 2.28 bits per heavy atom. The number of nitrogens with zero attached hydrogens (tertiary/aromatic N) is 1. The molecule has 0 saturated heterocycles. The van der Waals surface area contributed by atoms with Gasteiger partial charge in [0.15, 0.2) is 5.58 Å². The van der Waals surface area contributed by atoms with Gasteiger partial charge in [0.25, 0.3) is 10.0 Å². The van der Waals surface area contributed by atoms with Crippen molar-refractivity contribution >= 4 is 26.8 Å². The number of hydrogen-bond acceptors (Lipinski definition) is 4. The molecular weight excluding hydrogens is 468 g/mol. The zero-order chi connectivity index (χ0) is 25.4. The van der Waals surface area contributed by atoms with Crippen LogP contribution >= 0.6 is 0 Å². The second kappa shape index (κ2) is 12.2. The lowest BCUT2D eigenvalue weighted by Gasteiger charge is -2.15. The second-order valence-electron chi connectivity index (χ2n) is 9.40. The predicted molar refractivity (Wildman–Crippen MR) is 148 cm³/mol. The minimum atomic E-state index is -3.79. The van der Waals surface area contributed by atoms with Gasteiger partial charge in [0.1, 0.15) is 5.52 Å². The summed E-state index contributed by atoms with van der Waals surface area (Å²) in [7, 11) is -3.79. The van der Waals surface area contributed by atoms with Gasteiger partial charge in [-0.3, -0.25) is 4.72 Å². The van der Waals surface area contributed by atoms with Gasteiger partial charge in [-0.25, -0.2) is 13.4 Å². The highest BCUT2D eigenvalue weighted by atomic mass is 32.2. The van der Waals surface area contributed by atoms with E-state index in [1.54, 1.807) is 18.2 Å². The Kier molecular flexibility index (Phi) is 8.81. The van der Waals surface area contributed by atoms with Crippen molar-refractivity contribution in [3.05, 3.63) is 77.9 Å². The smallest absolute Gasteiger partial charge is 0.262 e. The average Bonchev–Trinajstić information content (AvgIpc) is 3.30. The van der Waals surface area contributed by atoms with Crippen LogP contribution in [0, 0.1) is 6.92 Å². The van der Waals surface area contributed by atoms with E-state index in [-0.39, 0.29) is 0 Å². The van der Waals surface area contributed by atoms with Crippen LogP contribution in [0.3, 0.4) is 0 Å². The summed E-state index contributed by atoms with van der Waals surface area (Å²) in [4.78, 5) is 4.86. The summed E-state index contributed by atoms with van der Waals surface area (Å²) in [6, 6.07) is 20.3. The SMILES string of the molecule is CCCCCCCCCCc1cccc(S(=O)(=O)Nc2ccccc2-c2nc3ccccc3o2)c1C. The number of sulfonamides is 1. The van der Waals surface area contributed by atoms with Crippen molar-refractivity contribution < 1.29 is 12.8 Å². The number of aryl methyl sites for hydroxylation is 1. The minimum Gasteiger partial charge on any atom is -0.436 e. The molecule has 3 aromatic carbocycles. The van der Waals surface area contributed by atoms with E-state index in [2.05, 4.69) is 16.6 Å². The molecule has 1 aromatic heterocycles. The predicted octanol–water partition coefficient (Wildman–Crippen LogP) is 8.29. The van der Waals surface area contributed by atoms with Crippen molar-refractivity contribution in [1.29, 1.82) is 0 Å². The Morgan fingerprint density at radius 2 is 1.50 bits per heavy atom. The Balaban J connectivity index is 1.46. The Labute approximate surface area is 215 Å². The largest absolute Gasteiger partial charge is 0.436 e. The lowest BCUT2D eigenvalue weighted by atomic mass is 10.0. The zero-order valence-corrected chi connectivity index (χ0v) is 22.1. The Bertz CT molecular complexity index is 1360. The number of unbranched alkanes of at least 4 members (excludes halogenated alkanes) is 7. The maximum atomic E-state index is 13.5. The molecule has 0 bridgehead atoms. The normalized spacial score (nSPS) is 11.7. The first-order valence-electron chi connectivity index (χ1n) is 13.1. The molecule has 5 nitrogen and oxygen atoms in total. The Hall–Kier alpha value is -3.12. The molecule has 190 valence electrons. The van der Waals surface area contributed by atoms with Gasteiger partial charge in [0.2, 0.25) is 5.89 Å². The van der Waals surface area contributed by atoms with Gasteiger partial charge in [-0.2, -0.15) is 0 Å². The van der Waals surface area contributed by atoms with Gasteiger partial charge in [-0.05, 0) is 61.2 Å². The quantitative estimate of drug-likeness (QED) is 0.186. The van der Waals surface area contributed by atoms with E-state index in [4.69, 9.17) is 4.42 Å². The minimum absolute atomic E-state index is 0.312. The lowest BCUT2D eigenvalue weighted by molar-refractivity contribution is 0.575. The average molecular weight is 505 g/mol. The highest BCUT2D eigenvalue weighted by Crippen LogP contribution is 2.32. The first-order chi connectivity index (χ1) is 17.5. The van der Waals surface area contributed by atoms with Crippen LogP contribution in [-0.2, 0) is 16.4 Å². The Morgan fingerprint density at radius 1 is 0.806 bits per heavy atom. The number of fused-ring (bicyclic) bond motifs is 1. The van der Waals surface area contributed by atoms with Crippen molar-refractivity contribution in [2.24, 2.45) is 0 Å². The molecule has 1 N–H and O–H groups in total. The molecule has 0 spiro atoms. The summed E-state index contributed by atoms with van der Waals surface area (Å²) >= 11 is 0. The molecule has 1 heterocycles. The van der Waals surface area contributed by atoms with Crippen LogP contribution in [-0.4, -0.2) is 13.4 Å². The topological polar surface area (TPSA) is 72.2 Å². The fraction of sp³-hybridized carbons (Fsp3) is 0.367. The van der Waals surface area contributed by atoms with E-state index < -0.39 is 10.0 Å². The van der Waals surface area contributed by atoms with Gasteiger partial charge < -0.3 is 4.42 Å². The molecule has 0 aliphatic carbocycles. The number of hydrogen-bond donors (Lipinski definition) is 1. The van der Waals surface area contributed by atoms with Crippen LogP contribution in [0.4, 0.5) is 5.69 Å². The lowest BCUT2D eigenvalue weighted by Crippen LogP contribution is -2.15. The molecule has 0 aliphatic rings. The maximum absolute atomic E-state index is 13.5. The molecule has 6 heteroatoms. The van der Waals surface area contributed by atoms with Crippen LogP contribution in [0.5, 0.6) is 0 Å². The zero-order valence-electron chi connectivity index (χ0n) is 21.3. The molecule has 36 heavy (non-hydrogen) atoms. The van der Waals surface area contributed by atoms with Crippen LogP contribution in [0.25, 0.3) is 22.6 Å². The standard InChI is InChI=1S/C30H36N2O3S/c1-3-4-5-6-7-8-9-10-16-24-17-15-22-29(23(24)2)36(33,34)32-26-19-12-11-18-25(26)30-31-27-20-13-14-21-28(27)35-30/h11-15,17-22,32H,3-10,16H2,1-2H3. The van der Waals surface area contributed by atoms with Crippen molar-refractivity contribution in [2.75, 3.05) is 4.72 Å². The van der Waals surface area contributed by atoms with Gasteiger partial charge in [-0.1, -0.05) is 88.3 Å². The number of oxazole rings is 1. The fourth-order valence-electron chi connectivity index (χ4n) is 4.62. The maximum Gasteiger partial charge on any atom is 0.262 e. The number of anilines is 1. The van der Waals surface area contributed by atoms with Gasteiger partial charge in [-0.15, -0.1) is 0 Å². The summed E-state index contributed by atoms with van der Waals surface area (Å²) in [5.74, 6) is 0.384. The molecule has 0 saturated carbocycles. The third-order valence-corrected chi connectivity index (χ3v) is 8.19. The third kappa shape index (κ3) is 6.35. The van der Waals surface area contributed by atoms with E-state index in [1.165, 1.54) is 44.9 Å². The monoisotopic (exact) mass is 504 g/mol. The van der Waals surface area contributed by atoms with Crippen LogP contribution in [0.15, 0.2) is 76.0 Å². The van der Waals surface area contributed by atoms with E-state index in [9.17, 15) is 8.42 Å². The molecule has 0 unspecified atom stereocenters. The van der Waals surface area contributed by atoms with Crippen molar-refractivity contribution in [3.63, 3.8) is 0 Å². The summed E-state index contributed by atoms with van der Waals surface area (Å²) < 4.78 is 35.6.